The van der Waals surface area contributed by atoms with E-state index in [-0.39, 0.29) is 17.8 Å². The Balaban J connectivity index is 2.35. The summed E-state index contributed by atoms with van der Waals surface area (Å²) in [5.74, 6) is 0. The second-order valence-electron chi connectivity index (χ2n) is 4.47. The fourth-order valence-electron chi connectivity index (χ4n) is 1.68. The van der Waals surface area contributed by atoms with Crippen LogP contribution in [-0.4, -0.2) is 32.1 Å². The van der Waals surface area contributed by atoms with Crippen molar-refractivity contribution in [2.75, 3.05) is 12.4 Å². The third-order valence-corrected chi connectivity index (χ3v) is 6.15. The first-order valence-corrected chi connectivity index (χ1v) is 7.89. The van der Waals surface area contributed by atoms with E-state index in [4.69, 9.17) is 0 Å². The molecule has 1 aliphatic rings. The van der Waals surface area contributed by atoms with E-state index in [0.717, 1.165) is 6.07 Å². The topological polar surface area (TPSA) is 101 Å². The number of sulfonamides is 1. The third-order valence-electron chi connectivity index (χ3n) is 3.00. The lowest BCUT2D eigenvalue weighted by Gasteiger charge is -2.19. The molecule has 1 aromatic heterocycles. The smallest absolute Gasteiger partial charge is 0.374 e. The number of anilines is 1. The van der Waals surface area contributed by atoms with Crippen molar-refractivity contribution in [1.29, 1.82) is 0 Å². The lowest BCUT2D eigenvalue weighted by molar-refractivity contribution is -0.383. The summed E-state index contributed by atoms with van der Waals surface area (Å²) >= 11 is 0.503. The first-order chi connectivity index (χ1) is 9.52. The summed E-state index contributed by atoms with van der Waals surface area (Å²) in [6.45, 7) is 0. The number of rotatable bonds is 5. The third kappa shape index (κ3) is 2.82. The highest BCUT2D eigenvalue weighted by atomic mass is 32.2. The normalized spacial score (nSPS) is 17.5. The number of nitro groups is 1. The van der Waals surface area contributed by atoms with E-state index in [1.807, 2.05) is 0 Å². The van der Waals surface area contributed by atoms with Crippen LogP contribution in [-0.2, 0) is 10.0 Å². The maximum absolute atomic E-state index is 12.8. The van der Waals surface area contributed by atoms with Gasteiger partial charge in [0.2, 0.25) is 0 Å². The Bertz CT molecular complexity index is 679. The van der Waals surface area contributed by atoms with Gasteiger partial charge in [0, 0.05) is 13.1 Å². The highest BCUT2D eigenvalue weighted by Crippen LogP contribution is 2.50. The predicted octanol–water partition coefficient (Wildman–Crippen LogP) is 2.07. The molecule has 0 bridgehead atoms. The molecule has 0 unspecified atom stereocenters. The van der Waals surface area contributed by atoms with Crippen LogP contribution in [0.3, 0.4) is 0 Å². The molecule has 1 heterocycles. The Hall–Kier alpha value is -1.40. The van der Waals surface area contributed by atoms with Gasteiger partial charge in [0.05, 0.1) is 4.92 Å². The molecule has 0 spiro atoms. The first-order valence-electron chi connectivity index (χ1n) is 5.59. The number of nitrogens with zero attached hydrogens (tertiary/aromatic N) is 1. The molecular formula is C9H10F3N3O4S2. The van der Waals surface area contributed by atoms with Gasteiger partial charge in [-0.05, 0) is 12.8 Å². The van der Waals surface area contributed by atoms with Crippen molar-refractivity contribution in [2.24, 2.45) is 0 Å². The van der Waals surface area contributed by atoms with Gasteiger partial charge in [0.1, 0.15) is 9.75 Å². The molecule has 0 aliphatic heterocycles. The summed E-state index contributed by atoms with van der Waals surface area (Å²) in [5, 5.41) is 13.2. The van der Waals surface area contributed by atoms with E-state index in [1.165, 1.54) is 7.05 Å². The summed E-state index contributed by atoms with van der Waals surface area (Å²) in [5.41, 5.74) is -2.95. The molecule has 1 fully saturated rings. The minimum atomic E-state index is -4.70. The minimum absolute atomic E-state index is 0.0442. The molecule has 2 rings (SSSR count). The predicted molar refractivity (Wildman–Crippen MR) is 68.9 cm³/mol. The lowest BCUT2D eigenvalue weighted by Crippen LogP contribution is -2.47. The zero-order chi connectivity index (χ0) is 16.1. The van der Waals surface area contributed by atoms with E-state index >= 15 is 0 Å². The van der Waals surface area contributed by atoms with Crippen molar-refractivity contribution in [1.82, 2.24) is 4.72 Å². The average molecular weight is 345 g/mol. The van der Waals surface area contributed by atoms with Crippen LogP contribution < -0.4 is 10.0 Å². The van der Waals surface area contributed by atoms with E-state index in [9.17, 15) is 31.7 Å². The number of nitrogens with one attached hydrogen (secondary N) is 2. The van der Waals surface area contributed by atoms with Gasteiger partial charge in [-0.1, -0.05) is 11.3 Å². The highest BCUT2D eigenvalue weighted by Gasteiger charge is 2.65. The summed E-state index contributed by atoms with van der Waals surface area (Å²) in [6.07, 6.45) is -5.39. The van der Waals surface area contributed by atoms with Crippen LogP contribution in [0.4, 0.5) is 23.9 Å². The molecular weight excluding hydrogens is 335 g/mol. The number of hydrogen-bond acceptors (Lipinski definition) is 6. The Morgan fingerprint density at radius 2 is 2.00 bits per heavy atom. The fourth-order valence-corrected chi connectivity index (χ4v) is 4.41. The van der Waals surface area contributed by atoms with Gasteiger partial charge >= 0.3 is 11.9 Å². The van der Waals surface area contributed by atoms with Crippen LogP contribution in [0, 0.1) is 10.1 Å². The van der Waals surface area contributed by atoms with Crippen molar-refractivity contribution >= 4 is 32.0 Å². The van der Waals surface area contributed by atoms with Crippen molar-refractivity contribution in [2.45, 2.75) is 28.8 Å². The molecule has 0 radical (unpaired) electrons. The molecule has 12 heteroatoms. The maximum Gasteiger partial charge on any atom is 0.407 e. The van der Waals surface area contributed by atoms with Crippen LogP contribution in [0.5, 0.6) is 0 Å². The maximum atomic E-state index is 12.8. The van der Waals surface area contributed by atoms with Gasteiger partial charge in [-0.3, -0.25) is 10.1 Å². The van der Waals surface area contributed by atoms with Gasteiger partial charge in [0.25, 0.3) is 10.0 Å². The van der Waals surface area contributed by atoms with Crippen LogP contribution >= 0.6 is 11.3 Å². The van der Waals surface area contributed by atoms with E-state index < -0.39 is 36.6 Å². The number of thiophene rings is 1. The Morgan fingerprint density at radius 1 is 1.43 bits per heavy atom. The number of alkyl halides is 3. The molecule has 7 nitrogen and oxygen atoms in total. The van der Waals surface area contributed by atoms with Gasteiger partial charge in [-0.2, -0.15) is 17.9 Å². The second kappa shape index (κ2) is 4.81. The molecule has 21 heavy (non-hydrogen) atoms. The van der Waals surface area contributed by atoms with E-state index in [1.54, 1.807) is 4.72 Å². The minimum Gasteiger partial charge on any atom is -0.374 e. The largest absolute Gasteiger partial charge is 0.407 e. The van der Waals surface area contributed by atoms with Crippen molar-refractivity contribution in [3.63, 3.8) is 0 Å². The van der Waals surface area contributed by atoms with Crippen molar-refractivity contribution in [3.8, 4) is 0 Å². The summed E-state index contributed by atoms with van der Waals surface area (Å²) in [6, 6.07) is 0.741. The molecule has 1 aliphatic carbocycles. The average Bonchev–Trinajstić information content (AvgIpc) is 2.98. The molecule has 0 atom stereocenters. The van der Waals surface area contributed by atoms with Gasteiger partial charge < -0.3 is 5.32 Å². The Morgan fingerprint density at radius 3 is 2.33 bits per heavy atom. The molecule has 1 aromatic rings. The molecule has 0 saturated heterocycles. The quantitative estimate of drug-likeness (QED) is 0.628. The Kier molecular flexibility index (Phi) is 3.66. The molecule has 0 amide bonds. The van der Waals surface area contributed by atoms with Gasteiger partial charge in [-0.15, -0.1) is 0 Å². The zero-order valence-electron chi connectivity index (χ0n) is 10.5. The highest BCUT2D eigenvalue weighted by molar-refractivity contribution is 7.91. The zero-order valence-corrected chi connectivity index (χ0v) is 12.2. The van der Waals surface area contributed by atoms with Crippen LogP contribution in [0.2, 0.25) is 0 Å². The molecule has 0 aromatic carbocycles. The fraction of sp³-hybridized carbons (Fsp3) is 0.556. The van der Waals surface area contributed by atoms with E-state index in [2.05, 4.69) is 5.32 Å². The standard InChI is InChI=1S/C9H10F3N3O4S2/c1-13-7-5(15(16)17)4-6(20-7)21(18,19)14-8(2-3-8)9(10,11)12/h4,13-14H,2-3H2,1H3. The summed E-state index contributed by atoms with van der Waals surface area (Å²) in [4.78, 5) is 9.95. The van der Waals surface area contributed by atoms with Crippen LogP contribution in [0.15, 0.2) is 10.3 Å². The van der Waals surface area contributed by atoms with Crippen molar-refractivity contribution < 1.29 is 26.5 Å². The number of hydrogen-bond donors (Lipinski definition) is 2. The first kappa shape index (κ1) is 16.0. The monoisotopic (exact) mass is 345 g/mol. The SMILES string of the molecule is CNc1sc(S(=O)(=O)NC2(C(F)(F)F)CC2)cc1[N+](=O)[O-]. The van der Waals surface area contributed by atoms with E-state index in [0.29, 0.717) is 11.3 Å². The summed E-state index contributed by atoms with van der Waals surface area (Å²) < 4.78 is 63.4. The second-order valence-corrected chi connectivity index (χ2v) is 7.43. The van der Waals surface area contributed by atoms with Crippen LogP contribution in [0.1, 0.15) is 12.8 Å². The molecule has 2 N–H and O–H groups in total. The van der Waals surface area contributed by atoms with Gasteiger partial charge in [-0.25, -0.2) is 8.42 Å². The summed E-state index contributed by atoms with van der Waals surface area (Å²) in [7, 11) is -3.13. The molecule has 1 saturated carbocycles. The van der Waals surface area contributed by atoms with Gasteiger partial charge in [0.15, 0.2) is 5.00 Å². The Labute approximate surface area is 121 Å². The van der Waals surface area contributed by atoms with Crippen LogP contribution in [0.25, 0.3) is 0 Å². The van der Waals surface area contributed by atoms with Crippen molar-refractivity contribution in [3.05, 3.63) is 16.2 Å². The lowest BCUT2D eigenvalue weighted by atomic mass is 10.3. The molecule has 118 valence electrons. The number of halogens is 3.